The van der Waals surface area contributed by atoms with Crippen molar-refractivity contribution in [3.63, 3.8) is 0 Å². The lowest BCUT2D eigenvalue weighted by Gasteiger charge is -1.83. The van der Waals surface area contributed by atoms with Crippen LogP contribution in [0.15, 0.2) is 24.5 Å². The molecule has 4 nitrogen and oxygen atoms in total. The lowest BCUT2D eigenvalue weighted by atomic mass is 10.4. The summed E-state index contributed by atoms with van der Waals surface area (Å²) in [7, 11) is 0. The van der Waals surface area contributed by atoms with E-state index in [2.05, 4.69) is 4.98 Å². The fourth-order valence-electron chi connectivity index (χ4n) is 0.376. The van der Waals surface area contributed by atoms with Gasteiger partial charge >= 0.3 is 0 Å². The smallest absolute Gasteiger partial charge is 0.140 e. The molecule has 0 bridgehead atoms. The van der Waals surface area contributed by atoms with Crippen LogP contribution >= 0.6 is 0 Å². The number of nitrogens with two attached hydrogens (primary N) is 1. The summed E-state index contributed by atoms with van der Waals surface area (Å²) < 4.78 is 0. The van der Waals surface area contributed by atoms with Gasteiger partial charge in [-0.25, -0.2) is 0 Å². The van der Waals surface area contributed by atoms with Crippen LogP contribution in [0.5, 0.6) is 0 Å². The van der Waals surface area contributed by atoms with Gasteiger partial charge in [-0.05, 0) is 12.1 Å². The first kappa shape index (κ1) is 8.87. The van der Waals surface area contributed by atoms with E-state index in [9.17, 15) is 0 Å². The van der Waals surface area contributed by atoms with Crippen LogP contribution in [-0.2, 0) is 0 Å². The van der Waals surface area contributed by atoms with Gasteiger partial charge in [0.1, 0.15) is 6.79 Å². The SMILES string of the molecule is Nc1cccnc1.OCO. The highest BCUT2D eigenvalue weighted by molar-refractivity contribution is 5.32. The summed E-state index contributed by atoms with van der Waals surface area (Å²) >= 11 is 0. The zero-order chi connectivity index (χ0) is 7.82. The first-order valence-electron chi connectivity index (χ1n) is 2.68. The van der Waals surface area contributed by atoms with E-state index >= 15 is 0 Å². The number of aromatic nitrogens is 1. The third kappa shape index (κ3) is 5.02. The number of hydrogen-bond acceptors (Lipinski definition) is 4. The van der Waals surface area contributed by atoms with Crippen LogP contribution in [0, 0.1) is 0 Å². The minimum Gasteiger partial charge on any atom is -0.397 e. The molecule has 0 amide bonds. The molecule has 1 rings (SSSR count). The molecule has 0 saturated heterocycles. The van der Waals surface area contributed by atoms with Gasteiger partial charge in [-0.15, -0.1) is 0 Å². The van der Waals surface area contributed by atoms with Crippen LogP contribution in [0.2, 0.25) is 0 Å². The highest BCUT2D eigenvalue weighted by atomic mass is 16.5. The molecule has 0 fully saturated rings. The highest BCUT2D eigenvalue weighted by Gasteiger charge is 1.73. The fourth-order valence-corrected chi connectivity index (χ4v) is 0.376. The van der Waals surface area contributed by atoms with Crippen molar-refractivity contribution in [3.8, 4) is 0 Å². The monoisotopic (exact) mass is 142 g/mol. The van der Waals surface area contributed by atoms with Crippen LogP contribution < -0.4 is 5.73 Å². The van der Waals surface area contributed by atoms with E-state index in [1.807, 2.05) is 0 Å². The number of rotatable bonds is 0. The highest BCUT2D eigenvalue weighted by Crippen LogP contribution is 1.92. The molecule has 0 aliphatic heterocycles. The number of nitrogens with zero attached hydrogens (tertiary/aromatic N) is 1. The van der Waals surface area contributed by atoms with E-state index in [0.29, 0.717) is 5.69 Å². The number of anilines is 1. The van der Waals surface area contributed by atoms with Crippen molar-refractivity contribution in [2.24, 2.45) is 0 Å². The molecule has 0 aromatic carbocycles. The van der Waals surface area contributed by atoms with Crippen molar-refractivity contribution in [1.82, 2.24) is 4.98 Å². The summed E-state index contributed by atoms with van der Waals surface area (Å²) in [5.41, 5.74) is 6.01. The lowest BCUT2D eigenvalue weighted by molar-refractivity contribution is 0.0773. The molecule has 0 radical (unpaired) electrons. The summed E-state index contributed by atoms with van der Waals surface area (Å²) in [5, 5.41) is 14.2. The molecule has 4 N–H and O–H groups in total. The topological polar surface area (TPSA) is 79.4 Å². The first-order chi connectivity index (χ1) is 4.81. The normalized spacial score (nSPS) is 7.80. The average molecular weight is 142 g/mol. The number of aliphatic hydroxyl groups excluding tert-OH is 1. The molecule has 1 heterocycles. The van der Waals surface area contributed by atoms with E-state index in [-0.39, 0.29) is 0 Å². The Bertz CT molecular complexity index is 155. The summed E-state index contributed by atoms with van der Waals surface area (Å²) in [6.07, 6.45) is 3.30. The Kier molecular flexibility index (Phi) is 5.32. The maximum absolute atomic E-state index is 7.12. The number of pyridine rings is 1. The molecular weight excluding hydrogens is 132 g/mol. The lowest BCUT2D eigenvalue weighted by Crippen LogP contribution is -1.82. The second-order valence-electron chi connectivity index (χ2n) is 1.43. The maximum Gasteiger partial charge on any atom is 0.140 e. The van der Waals surface area contributed by atoms with Gasteiger partial charge in [-0.2, -0.15) is 0 Å². The number of hydrogen-bond donors (Lipinski definition) is 3. The zero-order valence-electron chi connectivity index (χ0n) is 5.44. The van der Waals surface area contributed by atoms with Crippen LogP contribution in [0.1, 0.15) is 0 Å². The third-order valence-corrected chi connectivity index (χ3v) is 0.684. The van der Waals surface area contributed by atoms with Gasteiger partial charge in [0.2, 0.25) is 0 Å². The molecule has 1 aromatic heterocycles. The Morgan fingerprint density at radius 2 is 2.10 bits per heavy atom. The van der Waals surface area contributed by atoms with Crippen molar-refractivity contribution < 1.29 is 10.2 Å². The predicted octanol–water partition coefficient (Wildman–Crippen LogP) is -0.408. The van der Waals surface area contributed by atoms with Crippen molar-refractivity contribution >= 4 is 5.69 Å². The van der Waals surface area contributed by atoms with Gasteiger partial charge in [0.15, 0.2) is 0 Å². The summed E-state index contributed by atoms with van der Waals surface area (Å²) in [6.45, 7) is -0.750. The largest absolute Gasteiger partial charge is 0.397 e. The molecule has 0 spiro atoms. The number of aliphatic hydroxyl groups is 2. The Hall–Kier alpha value is -1.13. The Labute approximate surface area is 59.0 Å². The summed E-state index contributed by atoms with van der Waals surface area (Å²) in [6, 6.07) is 3.60. The summed E-state index contributed by atoms with van der Waals surface area (Å²) in [5.74, 6) is 0. The molecule has 0 atom stereocenters. The second kappa shape index (κ2) is 6.00. The minimum atomic E-state index is -0.750. The van der Waals surface area contributed by atoms with Crippen LogP contribution in [0.3, 0.4) is 0 Å². The Balaban J connectivity index is 0.000000236. The molecular formula is C6H10N2O2. The van der Waals surface area contributed by atoms with Gasteiger partial charge in [0.05, 0.1) is 5.69 Å². The first-order valence-corrected chi connectivity index (χ1v) is 2.68. The molecule has 0 aliphatic rings. The minimum absolute atomic E-state index is 0.711. The molecule has 10 heavy (non-hydrogen) atoms. The van der Waals surface area contributed by atoms with Gasteiger partial charge < -0.3 is 15.9 Å². The van der Waals surface area contributed by atoms with E-state index in [1.54, 1.807) is 24.5 Å². The van der Waals surface area contributed by atoms with Gasteiger partial charge in [-0.3, -0.25) is 4.98 Å². The second-order valence-corrected chi connectivity index (χ2v) is 1.43. The predicted molar refractivity (Wildman–Crippen MR) is 38.0 cm³/mol. The molecule has 0 unspecified atom stereocenters. The molecule has 56 valence electrons. The molecule has 1 aromatic rings. The van der Waals surface area contributed by atoms with E-state index in [1.165, 1.54) is 0 Å². The van der Waals surface area contributed by atoms with Crippen LogP contribution in [0.4, 0.5) is 5.69 Å². The fraction of sp³-hybridized carbons (Fsp3) is 0.167. The van der Waals surface area contributed by atoms with E-state index < -0.39 is 6.79 Å². The van der Waals surface area contributed by atoms with Crippen molar-refractivity contribution in [3.05, 3.63) is 24.5 Å². The molecule has 0 aliphatic carbocycles. The standard InChI is InChI=1S/C5H6N2.CH4O2/c6-5-2-1-3-7-4-5;2-1-3/h1-4H,6H2;2-3H,1H2. The Morgan fingerprint density at radius 1 is 1.50 bits per heavy atom. The van der Waals surface area contributed by atoms with Crippen molar-refractivity contribution in [1.29, 1.82) is 0 Å². The quantitative estimate of drug-likeness (QED) is 0.430. The third-order valence-electron chi connectivity index (χ3n) is 0.684. The van der Waals surface area contributed by atoms with Crippen molar-refractivity contribution in [2.45, 2.75) is 0 Å². The Morgan fingerprint density at radius 3 is 2.30 bits per heavy atom. The zero-order valence-corrected chi connectivity index (χ0v) is 5.44. The van der Waals surface area contributed by atoms with Crippen LogP contribution in [-0.4, -0.2) is 22.0 Å². The average Bonchev–Trinajstić information content (AvgIpc) is 1.91. The van der Waals surface area contributed by atoms with Crippen LogP contribution in [0.25, 0.3) is 0 Å². The molecule has 4 heteroatoms. The van der Waals surface area contributed by atoms with Gasteiger partial charge in [0.25, 0.3) is 0 Å². The van der Waals surface area contributed by atoms with Gasteiger partial charge in [0, 0.05) is 12.4 Å². The maximum atomic E-state index is 7.12. The van der Waals surface area contributed by atoms with E-state index in [0.717, 1.165) is 0 Å². The summed E-state index contributed by atoms with van der Waals surface area (Å²) in [4.78, 5) is 3.76. The number of nitrogen functional groups attached to an aromatic ring is 1. The molecule has 0 saturated carbocycles. The van der Waals surface area contributed by atoms with E-state index in [4.69, 9.17) is 15.9 Å². The van der Waals surface area contributed by atoms with Gasteiger partial charge in [-0.1, -0.05) is 0 Å². The van der Waals surface area contributed by atoms with Crippen molar-refractivity contribution in [2.75, 3.05) is 12.5 Å².